The van der Waals surface area contributed by atoms with Gasteiger partial charge in [0.1, 0.15) is 4.83 Å². The van der Waals surface area contributed by atoms with Gasteiger partial charge < -0.3 is 20.1 Å². The van der Waals surface area contributed by atoms with Crippen LogP contribution in [0.4, 0.5) is 0 Å². The maximum Gasteiger partial charge on any atom is 0.261 e. The molecule has 2 aliphatic heterocycles. The van der Waals surface area contributed by atoms with Crippen LogP contribution in [-0.2, 0) is 9.47 Å². The fraction of sp³-hybridized carbons (Fsp3) is 0.750. The molecule has 1 saturated carbocycles. The average Bonchev–Trinajstić information content (AvgIpc) is 3.35. The van der Waals surface area contributed by atoms with Crippen LogP contribution in [0.2, 0.25) is 0 Å². The second-order valence-corrected chi connectivity index (χ2v) is 11.1. The van der Waals surface area contributed by atoms with Crippen LogP contribution < -0.4 is 10.6 Å². The Morgan fingerprint density at radius 1 is 1.25 bits per heavy atom. The van der Waals surface area contributed by atoms with Gasteiger partial charge in [0.05, 0.1) is 28.3 Å². The van der Waals surface area contributed by atoms with E-state index in [1.165, 1.54) is 0 Å². The first-order valence-corrected chi connectivity index (χ1v) is 13.0. The minimum absolute atomic E-state index is 0.0583. The number of aromatic nitrogens is 2. The van der Waals surface area contributed by atoms with Crippen molar-refractivity contribution >= 4 is 27.5 Å². The summed E-state index contributed by atoms with van der Waals surface area (Å²) in [6, 6.07) is 2.64. The maximum atomic E-state index is 13.1. The van der Waals surface area contributed by atoms with Crippen molar-refractivity contribution in [2.45, 2.75) is 83.1 Å². The first-order chi connectivity index (χ1) is 15.4. The molecule has 8 heteroatoms. The molecule has 3 fully saturated rings. The van der Waals surface area contributed by atoms with Gasteiger partial charge in [0.25, 0.3) is 5.91 Å². The van der Waals surface area contributed by atoms with Crippen LogP contribution in [0, 0.1) is 12.8 Å². The number of carbonyl (C=O) groups is 1. The fourth-order valence-electron chi connectivity index (χ4n) is 5.77. The Balaban J connectivity index is 1.22. The van der Waals surface area contributed by atoms with Crippen LogP contribution >= 0.6 is 11.3 Å². The Kier molecular flexibility index (Phi) is 6.31. The highest BCUT2D eigenvalue weighted by Gasteiger charge is 2.40. The average molecular weight is 461 g/mol. The number of nitrogens with zero attached hydrogens (tertiary/aromatic N) is 2. The molecule has 2 atom stereocenters. The third-order valence-corrected chi connectivity index (χ3v) is 8.76. The number of ether oxygens (including phenoxy) is 2. The SMILES string of the molecule is Cc1nn(C2CCOCC2)c2sc(C(=O)NC3CCC(C4(C)CNC[C@@H](C)O4)CC3)cc12. The summed E-state index contributed by atoms with van der Waals surface area (Å²) in [6.07, 6.45) is 6.46. The van der Waals surface area contributed by atoms with E-state index >= 15 is 0 Å². The number of nitrogens with one attached hydrogen (secondary N) is 2. The Morgan fingerprint density at radius 3 is 2.72 bits per heavy atom. The van der Waals surface area contributed by atoms with E-state index < -0.39 is 0 Å². The van der Waals surface area contributed by atoms with Crippen LogP contribution in [0.5, 0.6) is 0 Å². The highest BCUT2D eigenvalue weighted by Crippen LogP contribution is 2.37. The monoisotopic (exact) mass is 460 g/mol. The molecule has 7 nitrogen and oxygen atoms in total. The van der Waals surface area contributed by atoms with E-state index in [2.05, 4.69) is 29.2 Å². The third kappa shape index (κ3) is 4.34. The molecule has 0 spiro atoms. The first-order valence-electron chi connectivity index (χ1n) is 12.2. The van der Waals surface area contributed by atoms with E-state index in [9.17, 15) is 4.79 Å². The van der Waals surface area contributed by atoms with Gasteiger partial charge in [0.15, 0.2) is 0 Å². The van der Waals surface area contributed by atoms with Crippen LogP contribution in [0.3, 0.4) is 0 Å². The van der Waals surface area contributed by atoms with Crippen molar-refractivity contribution in [1.29, 1.82) is 0 Å². The normalized spacial score (nSPS) is 32.3. The molecule has 2 aromatic heterocycles. The van der Waals surface area contributed by atoms with Gasteiger partial charge in [-0.05, 0) is 71.3 Å². The van der Waals surface area contributed by atoms with Gasteiger partial charge in [-0.3, -0.25) is 9.48 Å². The molecule has 3 aliphatic rings. The summed E-state index contributed by atoms with van der Waals surface area (Å²) in [7, 11) is 0. The lowest BCUT2D eigenvalue weighted by Gasteiger charge is -2.46. The quantitative estimate of drug-likeness (QED) is 0.726. The predicted octanol–water partition coefficient (Wildman–Crippen LogP) is 3.81. The lowest BCUT2D eigenvalue weighted by Crippen LogP contribution is -2.56. The minimum Gasteiger partial charge on any atom is -0.381 e. The number of rotatable bonds is 4. The number of thiophene rings is 1. The lowest BCUT2D eigenvalue weighted by atomic mass is 9.75. The number of hydrogen-bond donors (Lipinski definition) is 2. The molecule has 0 aromatic carbocycles. The smallest absolute Gasteiger partial charge is 0.261 e. The summed E-state index contributed by atoms with van der Waals surface area (Å²) < 4.78 is 14.0. The van der Waals surface area contributed by atoms with Gasteiger partial charge in [-0.15, -0.1) is 11.3 Å². The van der Waals surface area contributed by atoms with Gasteiger partial charge >= 0.3 is 0 Å². The highest BCUT2D eigenvalue weighted by molar-refractivity contribution is 7.20. The van der Waals surface area contributed by atoms with Gasteiger partial charge in [-0.25, -0.2) is 0 Å². The summed E-state index contributed by atoms with van der Waals surface area (Å²) >= 11 is 1.58. The molecular weight excluding hydrogens is 424 g/mol. The molecule has 2 aromatic rings. The molecular formula is C24H36N4O3S. The van der Waals surface area contributed by atoms with E-state index in [4.69, 9.17) is 14.6 Å². The Morgan fingerprint density at radius 2 is 2.00 bits per heavy atom. The van der Waals surface area contributed by atoms with Crippen molar-refractivity contribution in [3.05, 3.63) is 16.6 Å². The van der Waals surface area contributed by atoms with E-state index in [0.29, 0.717) is 12.0 Å². The highest BCUT2D eigenvalue weighted by atomic mass is 32.1. The molecule has 2 saturated heterocycles. The third-order valence-electron chi connectivity index (χ3n) is 7.63. The largest absolute Gasteiger partial charge is 0.381 e. The standard InChI is InChI=1S/C24H36N4O3S/c1-15-13-25-14-24(3,31-15)17-4-6-18(7-5-17)26-22(29)21-12-20-16(2)27-28(23(20)32-21)19-8-10-30-11-9-19/h12,15,17-19,25H,4-11,13-14H2,1-3H3,(H,26,29)/t15-,17?,18?,24?/m1/s1. The van der Waals surface area contributed by atoms with Gasteiger partial charge in [0, 0.05) is 37.7 Å². The van der Waals surface area contributed by atoms with Gasteiger partial charge in [-0.1, -0.05) is 0 Å². The summed E-state index contributed by atoms with van der Waals surface area (Å²) in [5, 5.41) is 12.7. The minimum atomic E-state index is -0.0916. The van der Waals surface area contributed by atoms with Gasteiger partial charge in [0.2, 0.25) is 0 Å². The van der Waals surface area contributed by atoms with Crippen LogP contribution in [0.1, 0.15) is 73.8 Å². The lowest BCUT2D eigenvalue weighted by molar-refractivity contribution is -0.137. The van der Waals surface area contributed by atoms with Crippen molar-refractivity contribution in [2.24, 2.45) is 5.92 Å². The maximum absolute atomic E-state index is 13.1. The predicted molar refractivity (Wildman–Crippen MR) is 126 cm³/mol. The number of amides is 1. The molecule has 32 heavy (non-hydrogen) atoms. The van der Waals surface area contributed by atoms with Crippen LogP contribution in [0.25, 0.3) is 10.2 Å². The zero-order valence-electron chi connectivity index (χ0n) is 19.5. The van der Waals surface area contributed by atoms with E-state index in [1.807, 2.05) is 13.0 Å². The number of hydrogen-bond acceptors (Lipinski definition) is 6. The van der Waals surface area contributed by atoms with Gasteiger partial charge in [-0.2, -0.15) is 5.10 Å². The zero-order chi connectivity index (χ0) is 22.3. The summed E-state index contributed by atoms with van der Waals surface area (Å²) in [5.74, 6) is 0.603. The molecule has 1 aliphatic carbocycles. The van der Waals surface area contributed by atoms with Crippen LogP contribution in [-0.4, -0.2) is 59.7 Å². The molecule has 0 bridgehead atoms. The van der Waals surface area contributed by atoms with Crippen molar-refractivity contribution in [3.8, 4) is 0 Å². The topological polar surface area (TPSA) is 77.4 Å². The molecule has 2 N–H and O–H groups in total. The Labute approximate surface area is 194 Å². The second kappa shape index (κ2) is 9.05. The molecule has 0 radical (unpaired) electrons. The first kappa shape index (κ1) is 22.3. The van der Waals surface area contributed by atoms with Crippen molar-refractivity contribution in [2.75, 3.05) is 26.3 Å². The van der Waals surface area contributed by atoms with E-state index in [1.54, 1.807) is 11.3 Å². The summed E-state index contributed by atoms with van der Waals surface area (Å²) in [6.45, 7) is 9.85. The Hall–Kier alpha value is -1.48. The van der Waals surface area contributed by atoms with Crippen molar-refractivity contribution < 1.29 is 14.3 Å². The summed E-state index contributed by atoms with van der Waals surface area (Å²) in [4.78, 5) is 15.0. The zero-order valence-corrected chi connectivity index (χ0v) is 20.3. The van der Waals surface area contributed by atoms with E-state index in [-0.39, 0.29) is 23.7 Å². The number of fused-ring (bicyclic) bond motifs is 1. The number of carbonyl (C=O) groups excluding carboxylic acids is 1. The number of aryl methyl sites for hydroxylation is 1. The number of morpholine rings is 1. The molecule has 176 valence electrons. The van der Waals surface area contributed by atoms with Crippen molar-refractivity contribution in [1.82, 2.24) is 20.4 Å². The molecule has 1 amide bonds. The second-order valence-electron chi connectivity index (χ2n) is 10.1. The fourth-order valence-corrected chi connectivity index (χ4v) is 6.91. The molecule has 1 unspecified atom stereocenters. The summed E-state index contributed by atoms with van der Waals surface area (Å²) in [5.41, 5.74) is 0.914. The van der Waals surface area contributed by atoms with Crippen LogP contribution in [0.15, 0.2) is 6.07 Å². The Bertz CT molecular complexity index is 958. The van der Waals surface area contributed by atoms with Crippen molar-refractivity contribution in [3.63, 3.8) is 0 Å². The molecule has 4 heterocycles. The molecule has 5 rings (SSSR count). The van der Waals surface area contributed by atoms with E-state index in [0.717, 1.165) is 85.6 Å².